The summed E-state index contributed by atoms with van der Waals surface area (Å²) in [6.07, 6.45) is 3.21. The van der Waals surface area contributed by atoms with E-state index in [1.807, 2.05) is 0 Å². The average molecular weight is 248 g/mol. The summed E-state index contributed by atoms with van der Waals surface area (Å²) in [7, 11) is -3.71. The number of rotatable bonds is 5. The smallest absolute Gasteiger partial charge is 0.322 e. The molecule has 0 spiro atoms. The van der Waals surface area contributed by atoms with E-state index in [0.29, 0.717) is 12.8 Å². The molecule has 92 valence electrons. The minimum atomic E-state index is -3.71. The minimum absolute atomic E-state index is 0.102. The van der Waals surface area contributed by atoms with E-state index in [9.17, 15) is 13.2 Å². The van der Waals surface area contributed by atoms with Gasteiger partial charge < -0.3 is 5.11 Å². The first-order valence-electron chi connectivity index (χ1n) is 5.09. The van der Waals surface area contributed by atoms with Gasteiger partial charge in [0.15, 0.2) is 0 Å². The Hall–Kier alpha value is -0.920. The predicted octanol–water partition coefficient (Wildman–Crippen LogP) is -0.0541. The Morgan fingerprint density at radius 2 is 2.25 bits per heavy atom. The van der Waals surface area contributed by atoms with Gasteiger partial charge in [-0.3, -0.25) is 4.79 Å². The van der Waals surface area contributed by atoms with E-state index in [4.69, 9.17) is 5.11 Å². The lowest BCUT2D eigenvalue weighted by Gasteiger charge is -2.31. The highest BCUT2D eigenvalue weighted by atomic mass is 32.2. The Morgan fingerprint density at radius 3 is 2.81 bits per heavy atom. The molecule has 0 saturated carbocycles. The number of carbonyl (C=O) groups is 1. The molecule has 16 heavy (non-hydrogen) atoms. The quantitative estimate of drug-likeness (QED) is 0.668. The van der Waals surface area contributed by atoms with E-state index in [-0.39, 0.29) is 13.1 Å². The Balaban J connectivity index is 2.81. The molecule has 0 aromatic rings. The fourth-order valence-electron chi connectivity index (χ4n) is 1.69. The van der Waals surface area contributed by atoms with Crippen LogP contribution in [-0.4, -0.2) is 42.9 Å². The third kappa shape index (κ3) is 3.03. The molecule has 1 atom stereocenters. The first-order chi connectivity index (χ1) is 7.49. The summed E-state index contributed by atoms with van der Waals surface area (Å²) in [5.74, 6) is -1.09. The van der Waals surface area contributed by atoms with Crippen LogP contribution in [0.15, 0.2) is 12.7 Å². The number of nitrogens with one attached hydrogen (secondary N) is 1. The molecule has 6 nitrogen and oxygen atoms in total. The Kier molecular flexibility index (Phi) is 4.45. The first-order valence-corrected chi connectivity index (χ1v) is 6.53. The van der Waals surface area contributed by atoms with Crippen molar-refractivity contribution in [1.82, 2.24) is 9.03 Å². The molecule has 2 N–H and O–H groups in total. The van der Waals surface area contributed by atoms with Gasteiger partial charge in [-0.25, -0.2) is 0 Å². The van der Waals surface area contributed by atoms with Crippen LogP contribution < -0.4 is 4.72 Å². The molecule has 1 rings (SSSR count). The molecule has 0 radical (unpaired) electrons. The number of nitrogens with zero attached hydrogens (tertiary/aromatic N) is 1. The second-order valence-electron chi connectivity index (χ2n) is 3.60. The van der Waals surface area contributed by atoms with Crippen LogP contribution in [0.4, 0.5) is 0 Å². The van der Waals surface area contributed by atoms with E-state index in [0.717, 1.165) is 10.7 Å². The van der Waals surface area contributed by atoms with Crippen molar-refractivity contribution in [3.05, 3.63) is 12.7 Å². The maximum atomic E-state index is 11.8. The molecule has 1 fully saturated rings. The van der Waals surface area contributed by atoms with Crippen molar-refractivity contribution >= 4 is 16.2 Å². The van der Waals surface area contributed by atoms with Crippen LogP contribution in [0.25, 0.3) is 0 Å². The van der Waals surface area contributed by atoms with E-state index in [1.54, 1.807) is 0 Å². The van der Waals surface area contributed by atoms with Gasteiger partial charge in [-0.1, -0.05) is 6.08 Å². The maximum Gasteiger partial charge on any atom is 0.322 e. The van der Waals surface area contributed by atoms with Crippen molar-refractivity contribution in [2.45, 2.75) is 25.3 Å². The van der Waals surface area contributed by atoms with Gasteiger partial charge in [-0.15, -0.1) is 6.58 Å². The Bertz CT molecular complexity index is 366. The standard InChI is InChI=1S/C9H16N2O4S/c1-2-6-10-16(14,15)11-7-4-3-5-8(11)9(12)13/h2,8,10H,1,3-7H2,(H,12,13). The van der Waals surface area contributed by atoms with Gasteiger partial charge in [0.1, 0.15) is 6.04 Å². The normalized spacial score (nSPS) is 22.9. The van der Waals surface area contributed by atoms with Crippen molar-refractivity contribution in [2.75, 3.05) is 13.1 Å². The second kappa shape index (κ2) is 5.42. The largest absolute Gasteiger partial charge is 0.480 e. The number of aliphatic carboxylic acids is 1. The number of carboxylic acids is 1. The third-order valence-corrected chi connectivity index (χ3v) is 4.04. The lowest BCUT2D eigenvalue weighted by Crippen LogP contribution is -2.52. The van der Waals surface area contributed by atoms with Gasteiger partial charge in [0.2, 0.25) is 0 Å². The lowest BCUT2D eigenvalue weighted by atomic mass is 10.1. The Morgan fingerprint density at radius 1 is 1.56 bits per heavy atom. The molecule has 0 bridgehead atoms. The molecule has 0 amide bonds. The molecule has 1 heterocycles. The summed E-state index contributed by atoms with van der Waals surface area (Å²) in [5, 5.41) is 8.94. The lowest BCUT2D eigenvalue weighted by molar-refractivity contribution is -0.142. The van der Waals surface area contributed by atoms with Crippen LogP contribution in [0, 0.1) is 0 Å². The van der Waals surface area contributed by atoms with Crippen molar-refractivity contribution in [2.24, 2.45) is 0 Å². The van der Waals surface area contributed by atoms with Crippen LogP contribution in [-0.2, 0) is 15.0 Å². The fourth-order valence-corrected chi connectivity index (χ4v) is 3.08. The molecular weight excluding hydrogens is 232 g/mol. The summed E-state index contributed by atoms with van der Waals surface area (Å²) in [6.45, 7) is 3.76. The van der Waals surface area contributed by atoms with Gasteiger partial charge in [-0.2, -0.15) is 17.4 Å². The van der Waals surface area contributed by atoms with E-state index in [1.165, 1.54) is 6.08 Å². The molecule has 7 heteroatoms. The van der Waals surface area contributed by atoms with Crippen LogP contribution in [0.2, 0.25) is 0 Å². The summed E-state index contributed by atoms with van der Waals surface area (Å²) >= 11 is 0. The van der Waals surface area contributed by atoms with Gasteiger partial charge in [-0.05, 0) is 19.3 Å². The van der Waals surface area contributed by atoms with Crippen LogP contribution in [0.3, 0.4) is 0 Å². The zero-order valence-corrected chi connectivity index (χ0v) is 9.74. The molecule has 1 aliphatic rings. The summed E-state index contributed by atoms with van der Waals surface area (Å²) in [4.78, 5) is 10.9. The second-order valence-corrected chi connectivity index (χ2v) is 5.31. The predicted molar refractivity (Wildman–Crippen MR) is 59.1 cm³/mol. The topological polar surface area (TPSA) is 86.7 Å². The van der Waals surface area contributed by atoms with E-state index < -0.39 is 22.2 Å². The maximum absolute atomic E-state index is 11.8. The van der Waals surface area contributed by atoms with Crippen molar-refractivity contribution in [3.63, 3.8) is 0 Å². The SMILES string of the molecule is C=CCNS(=O)(=O)N1CCCCC1C(=O)O. The fraction of sp³-hybridized carbons (Fsp3) is 0.667. The summed E-state index contributed by atoms with van der Waals surface area (Å²) < 4.78 is 26.8. The zero-order chi connectivity index (χ0) is 12.2. The highest BCUT2D eigenvalue weighted by Crippen LogP contribution is 2.19. The molecule has 0 aromatic carbocycles. The highest BCUT2D eigenvalue weighted by molar-refractivity contribution is 7.87. The summed E-state index contributed by atoms with van der Waals surface area (Å²) in [5.41, 5.74) is 0. The summed E-state index contributed by atoms with van der Waals surface area (Å²) in [6, 6.07) is -0.948. The van der Waals surface area contributed by atoms with Crippen LogP contribution >= 0.6 is 0 Å². The van der Waals surface area contributed by atoms with E-state index in [2.05, 4.69) is 11.3 Å². The number of carboxylic acid groups (broad SMARTS) is 1. The molecule has 0 aliphatic carbocycles. The van der Waals surface area contributed by atoms with Crippen LogP contribution in [0.5, 0.6) is 0 Å². The average Bonchev–Trinajstić information content (AvgIpc) is 2.26. The van der Waals surface area contributed by atoms with Gasteiger partial charge in [0, 0.05) is 13.1 Å². The molecule has 1 saturated heterocycles. The first kappa shape index (κ1) is 13.1. The molecule has 1 unspecified atom stereocenters. The van der Waals surface area contributed by atoms with Crippen LogP contribution in [0.1, 0.15) is 19.3 Å². The van der Waals surface area contributed by atoms with Gasteiger partial charge in [0.05, 0.1) is 0 Å². The minimum Gasteiger partial charge on any atom is -0.480 e. The highest BCUT2D eigenvalue weighted by Gasteiger charge is 2.36. The molecular formula is C9H16N2O4S. The van der Waals surface area contributed by atoms with Crippen molar-refractivity contribution in [3.8, 4) is 0 Å². The number of hydrogen-bond acceptors (Lipinski definition) is 3. The van der Waals surface area contributed by atoms with Gasteiger partial charge in [0.25, 0.3) is 10.2 Å². The van der Waals surface area contributed by atoms with Crippen molar-refractivity contribution in [1.29, 1.82) is 0 Å². The molecule has 0 aromatic heterocycles. The third-order valence-electron chi connectivity index (χ3n) is 2.46. The number of piperidine rings is 1. The van der Waals surface area contributed by atoms with Gasteiger partial charge >= 0.3 is 5.97 Å². The molecule has 1 aliphatic heterocycles. The van der Waals surface area contributed by atoms with E-state index >= 15 is 0 Å². The zero-order valence-electron chi connectivity index (χ0n) is 8.92. The number of hydrogen-bond donors (Lipinski definition) is 2. The monoisotopic (exact) mass is 248 g/mol. The Labute approximate surface area is 95.1 Å². The van der Waals surface area contributed by atoms with Crippen molar-refractivity contribution < 1.29 is 18.3 Å².